The number of anilines is 1. The van der Waals surface area contributed by atoms with Gasteiger partial charge in [-0.2, -0.15) is 0 Å². The van der Waals surface area contributed by atoms with Gasteiger partial charge in [0.1, 0.15) is 6.10 Å². The van der Waals surface area contributed by atoms with Gasteiger partial charge >= 0.3 is 5.97 Å². The van der Waals surface area contributed by atoms with E-state index in [1.165, 1.54) is 0 Å². The van der Waals surface area contributed by atoms with E-state index in [-0.39, 0.29) is 29.6 Å². The Morgan fingerprint density at radius 2 is 1.95 bits per heavy atom. The van der Waals surface area contributed by atoms with Crippen LogP contribution in [-0.2, 0) is 14.3 Å². The van der Waals surface area contributed by atoms with Crippen LogP contribution >= 0.6 is 0 Å². The highest BCUT2D eigenvalue weighted by Crippen LogP contribution is 2.57. The lowest BCUT2D eigenvalue weighted by molar-refractivity contribution is -0.146. The Labute approximate surface area is 128 Å². The second-order valence-corrected chi connectivity index (χ2v) is 6.76. The highest BCUT2D eigenvalue weighted by molar-refractivity contribution is 5.98. The first-order valence-corrected chi connectivity index (χ1v) is 7.74. The number of benzene rings is 1. The van der Waals surface area contributed by atoms with Crippen molar-refractivity contribution < 1.29 is 19.4 Å². The molecule has 3 aliphatic rings. The minimum atomic E-state index is -0.707. The van der Waals surface area contributed by atoms with Gasteiger partial charge < -0.3 is 15.2 Å². The molecule has 1 aromatic carbocycles. The van der Waals surface area contributed by atoms with Crippen LogP contribution in [0.2, 0.25) is 0 Å². The zero-order chi connectivity index (χ0) is 15.6. The van der Waals surface area contributed by atoms with Gasteiger partial charge in [0, 0.05) is 17.5 Å². The minimum Gasteiger partial charge on any atom is -0.459 e. The maximum absolute atomic E-state index is 12.8. The van der Waals surface area contributed by atoms with Crippen LogP contribution < -0.4 is 5.32 Å². The van der Waals surface area contributed by atoms with Crippen molar-refractivity contribution in [3.63, 3.8) is 0 Å². The topological polar surface area (TPSA) is 75.6 Å². The third-order valence-electron chi connectivity index (χ3n) is 5.61. The van der Waals surface area contributed by atoms with Crippen molar-refractivity contribution in [3.8, 4) is 0 Å². The second kappa shape index (κ2) is 4.56. The molecule has 1 saturated heterocycles. The predicted octanol–water partition coefficient (Wildman–Crippen LogP) is 1.41. The molecule has 4 rings (SSSR count). The summed E-state index contributed by atoms with van der Waals surface area (Å²) in [7, 11) is 0. The van der Waals surface area contributed by atoms with Crippen LogP contribution in [0.4, 0.5) is 5.69 Å². The van der Waals surface area contributed by atoms with Crippen LogP contribution in [0, 0.1) is 37.5 Å². The molecule has 2 N–H and O–H groups in total. The second-order valence-electron chi connectivity index (χ2n) is 6.76. The predicted molar refractivity (Wildman–Crippen MR) is 79.0 cm³/mol. The Balaban J connectivity index is 1.63. The van der Waals surface area contributed by atoms with Gasteiger partial charge in [-0.3, -0.25) is 9.59 Å². The molecule has 5 nitrogen and oxygen atoms in total. The molecule has 5 heteroatoms. The molecule has 0 spiro atoms. The third kappa shape index (κ3) is 1.69. The number of fused-ring (bicyclic) bond motifs is 1. The van der Waals surface area contributed by atoms with Crippen molar-refractivity contribution in [2.75, 3.05) is 5.32 Å². The van der Waals surface area contributed by atoms with E-state index < -0.39 is 18.1 Å². The summed E-state index contributed by atoms with van der Waals surface area (Å²) in [5.74, 6) is -1.54. The number of esters is 1. The fraction of sp³-hybridized carbons (Fsp3) is 0.529. The van der Waals surface area contributed by atoms with Crippen molar-refractivity contribution >= 4 is 17.6 Å². The van der Waals surface area contributed by atoms with Crippen LogP contribution in [0.1, 0.15) is 17.5 Å². The van der Waals surface area contributed by atoms with Crippen molar-refractivity contribution in [1.29, 1.82) is 0 Å². The maximum atomic E-state index is 12.8. The van der Waals surface area contributed by atoms with Crippen LogP contribution in [0.15, 0.2) is 18.2 Å². The molecule has 1 aromatic rings. The molecule has 22 heavy (non-hydrogen) atoms. The summed E-state index contributed by atoms with van der Waals surface area (Å²) in [4.78, 5) is 24.8. The first-order chi connectivity index (χ1) is 10.5. The molecule has 1 amide bonds. The Morgan fingerprint density at radius 3 is 2.64 bits per heavy atom. The number of aliphatic hydroxyl groups is 1. The number of hydrogen-bond donors (Lipinski definition) is 2. The molecule has 2 saturated carbocycles. The van der Waals surface area contributed by atoms with Gasteiger partial charge in [-0.1, -0.05) is 18.2 Å². The quantitative estimate of drug-likeness (QED) is 0.810. The van der Waals surface area contributed by atoms with E-state index in [2.05, 4.69) is 5.32 Å². The molecular weight excluding hydrogens is 282 g/mol. The van der Waals surface area contributed by atoms with Crippen LogP contribution in [0.25, 0.3) is 0 Å². The summed E-state index contributed by atoms with van der Waals surface area (Å²) in [6.45, 7) is 3.89. The van der Waals surface area contributed by atoms with E-state index >= 15 is 0 Å². The molecule has 1 heterocycles. The van der Waals surface area contributed by atoms with Gasteiger partial charge in [0.25, 0.3) is 0 Å². The molecule has 0 aromatic heterocycles. The Morgan fingerprint density at radius 1 is 1.27 bits per heavy atom. The van der Waals surface area contributed by atoms with Gasteiger partial charge in [0.2, 0.25) is 5.91 Å². The van der Waals surface area contributed by atoms with E-state index in [0.29, 0.717) is 6.42 Å². The summed E-state index contributed by atoms with van der Waals surface area (Å²) in [5, 5.41) is 13.2. The molecule has 3 fully saturated rings. The Kier molecular flexibility index (Phi) is 2.85. The number of amides is 1. The number of carbonyl (C=O) groups excluding carboxylic acids is 2. The highest BCUT2D eigenvalue weighted by Gasteiger charge is 2.68. The summed E-state index contributed by atoms with van der Waals surface area (Å²) in [5.41, 5.74) is 2.78. The molecule has 1 aliphatic heterocycles. The lowest BCUT2D eigenvalue weighted by atomic mass is 9.78. The van der Waals surface area contributed by atoms with Crippen LogP contribution in [0.5, 0.6) is 0 Å². The van der Waals surface area contributed by atoms with Gasteiger partial charge in [-0.25, -0.2) is 0 Å². The maximum Gasteiger partial charge on any atom is 0.310 e. The largest absolute Gasteiger partial charge is 0.459 e. The molecule has 2 aliphatic carbocycles. The number of carbonyl (C=O) groups is 2. The lowest BCUT2D eigenvalue weighted by Gasteiger charge is -2.28. The SMILES string of the molecule is Cc1cccc(C)c1NC(=O)[C@H]1[C@@H]2C[C@H]3[C@H](OC(=O)[C@H]31)[C@H]2O. The molecule has 6 atom stereocenters. The number of rotatable bonds is 2. The standard InChI is InChI=1S/C17H19NO4/c1-7-4-3-5-8(2)13(7)18-16(20)11-9-6-10-12(11)17(21)22-15(10)14(9)19/h3-5,9-12,14-15,19H,6H2,1-2H3,(H,18,20)/t9-,10+,11-,12+,14-,15-/m0/s1. The van der Waals surface area contributed by atoms with Gasteiger partial charge in [0.15, 0.2) is 0 Å². The monoisotopic (exact) mass is 301 g/mol. The molecule has 116 valence electrons. The number of nitrogens with one attached hydrogen (secondary N) is 1. The van der Waals surface area contributed by atoms with E-state index in [1.807, 2.05) is 32.0 Å². The van der Waals surface area contributed by atoms with Crippen LogP contribution in [0.3, 0.4) is 0 Å². The first kappa shape index (κ1) is 13.8. The first-order valence-electron chi connectivity index (χ1n) is 7.74. The number of para-hydroxylation sites is 1. The van der Waals surface area contributed by atoms with E-state index in [0.717, 1.165) is 16.8 Å². The molecule has 0 unspecified atom stereocenters. The molecular formula is C17H19NO4. The zero-order valence-corrected chi connectivity index (χ0v) is 12.6. The Hall–Kier alpha value is -1.88. The van der Waals surface area contributed by atoms with Gasteiger partial charge in [-0.15, -0.1) is 0 Å². The van der Waals surface area contributed by atoms with E-state index in [9.17, 15) is 14.7 Å². The average Bonchev–Trinajstić information content (AvgIpc) is 3.07. The third-order valence-corrected chi connectivity index (χ3v) is 5.61. The summed E-state index contributed by atoms with van der Waals surface area (Å²) < 4.78 is 5.26. The summed E-state index contributed by atoms with van der Waals surface area (Å²) in [6.07, 6.45) is -0.402. The smallest absolute Gasteiger partial charge is 0.310 e. The van der Waals surface area contributed by atoms with E-state index in [1.54, 1.807) is 0 Å². The van der Waals surface area contributed by atoms with E-state index in [4.69, 9.17) is 4.74 Å². The van der Waals surface area contributed by atoms with Gasteiger partial charge in [-0.05, 0) is 31.4 Å². The fourth-order valence-electron chi connectivity index (χ4n) is 4.59. The van der Waals surface area contributed by atoms with Crippen molar-refractivity contribution in [2.24, 2.45) is 23.7 Å². The number of aliphatic hydroxyl groups excluding tert-OH is 1. The van der Waals surface area contributed by atoms with Crippen LogP contribution in [-0.4, -0.2) is 29.2 Å². The number of ether oxygens (including phenoxy) is 1. The Bertz CT molecular complexity index is 650. The summed E-state index contributed by atoms with van der Waals surface area (Å²) in [6, 6.07) is 5.83. The highest BCUT2D eigenvalue weighted by atomic mass is 16.6. The zero-order valence-electron chi connectivity index (χ0n) is 12.6. The minimum absolute atomic E-state index is 0.00113. The lowest BCUT2D eigenvalue weighted by Crippen LogP contribution is -2.42. The van der Waals surface area contributed by atoms with Crippen molar-refractivity contribution in [1.82, 2.24) is 0 Å². The normalized spacial score (nSPS) is 38.2. The fourth-order valence-corrected chi connectivity index (χ4v) is 4.59. The molecule has 0 radical (unpaired) electrons. The number of hydrogen-bond acceptors (Lipinski definition) is 4. The summed E-state index contributed by atoms with van der Waals surface area (Å²) >= 11 is 0. The van der Waals surface area contributed by atoms with Crippen molar-refractivity contribution in [3.05, 3.63) is 29.3 Å². The van der Waals surface area contributed by atoms with Crippen molar-refractivity contribution in [2.45, 2.75) is 32.5 Å². The molecule has 2 bridgehead atoms. The average molecular weight is 301 g/mol. The number of aryl methyl sites for hydroxylation is 2. The van der Waals surface area contributed by atoms with Gasteiger partial charge in [0.05, 0.1) is 17.9 Å².